The van der Waals surface area contributed by atoms with Gasteiger partial charge in [-0.2, -0.15) is 12.7 Å². The van der Waals surface area contributed by atoms with Crippen LogP contribution in [0.4, 0.5) is 0 Å². The fourth-order valence-corrected chi connectivity index (χ4v) is 0.977. The van der Waals surface area contributed by atoms with Crippen molar-refractivity contribution >= 4 is 21.8 Å². The molecule has 0 spiro atoms. The van der Waals surface area contributed by atoms with Crippen LogP contribution in [0.2, 0.25) is 0 Å². The Morgan fingerprint density at radius 1 is 1.20 bits per heavy atom. The molecular formula is C8H10N2O4S. The Morgan fingerprint density at radius 3 is 2.20 bits per heavy atom. The summed E-state index contributed by atoms with van der Waals surface area (Å²) in [5.74, 6) is -0.176. The number of allylic oxidation sites excluding steroid dienone is 4. The molecule has 0 N–H and O–H groups in total. The van der Waals surface area contributed by atoms with Gasteiger partial charge in [0, 0.05) is 14.1 Å². The minimum atomic E-state index is -3.82. The van der Waals surface area contributed by atoms with Gasteiger partial charge in [0.05, 0.1) is 0 Å². The number of nitrogens with zero attached hydrogens (tertiary/aromatic N) is 2. The lowest BCUT2D eigenvalue weighted by Gasteiger charge is -2.07. The van der Waals surface area contributed by atoms with E-state index in [1.165, 1.54) is 38.4 Å². The van der Waals surface area contributed by atoms with Gasteiger partial charge in [-0.25, -0.2) is 0 Å². The minimum absolute atomic E-state index is 0.176. The normalized spacial score (nSPS) is 15.9. The molecule has 0 unspecified atom stereocenters. The van der Waals surface area contributed by atoms with E-state index >= 15 is 0 Å². The average Bonchev–Trinajstić information content (AvgIpc) is 2.17. The third kappa shape index (κ3) is 3.30. The Labute approximate surface area is 87.8 Å². The molecule has 0 heterocycles. The van der Waals surface area contributed by atoms with Crippen molar-refractivity contribution in [2.75, 3.05) is 14.1 Å². The van der Waals surface area contributed by atoms with Crippen LogP contribution in [0, 0.1) is 0 Å². The molecule has 0 radical (unpaired) electrons. The van der Waals surface area contributed by atoms with E-state index in [1.54, 1.807) is 0 Å². The zero-order chi connectivity index (χ0) is 11.5. The first kappa shape index (κ1) is 11.6. The topological polar surface area (TPSA) is 76.0 Å². The smallest absolute Gasteiger partial charge is 0.290 e. The van der Waals surface area contributed by atoms with Crippen LogP contribution in [-0.4, -0.2) is 38.3 Å². The second-order valence-corrected chi connectivity index (χ2v) is 4.63. The van der Waals surface area contributed by atoms with Crippen LogP contribution in [0.15, 0.2) is 29.5 Å². The van der Waals surface area contributed by atoms with Crippen LogP contribution in [0.3, 0.4) is 0 Å². The molecule has 1 aliphatic rings. The molecule has 0 saturated heterocycles. The molecule has 0 aromatic carbocycles. The lowest BCUT2D eigenvalue weighted by atomic mass is 10.2. The van der Waals surface area contributed by atoms with Gasteiger partial charge in [0.1, 0.15) is 5.71 Å². The third-order valence-corrected chi connectivity index (χ3v) is 2.68. The van der Waals surface area contributed by atoms with Crippen LogP contribution in [0.25, 0.3) is 0 Å². The molecule has 0 amide bonds. The monoisotopic (exact) mass is 230 g/mol. The Morgan fingerprint density at radius 2 is 1.73 bits per heavy atom. The summed E-state index contributed by atoms with van der Waals surface area (Å²) in [6.07, 6.45) is 5.27. The van der Waals surface area contributed by atoms with Crippen molar-refractivity contribution in [1.29, 1.82) is 0 Å². The maximum atomic E-state index is 11.1. The predicted molar refractivity (Wildman–Crippen MR) is 54.4 cm³/mol. The zero-order valence-electron chi connectivity index (χ0n) is 8.25. The van der Waals surface area contributed by atoms with E-state index in [1.807, 2.05) is 0 Å². The standard InChI is InChI=1S/C8H10N2O4S/c1-10(2)15(12,13)14-9-7-3-5-8(11)6-4-7/h3-6H,1-2H3. The van der Waals surface area contributed by atoms with E-state index in [-0.39, 0.29) is 11.5 Å². The second kappa shape index (κ2) is 4.37. The van der Waals surface area contributed by atoms with Crippen LogP contribution in [0.1, 0.15) is 0 Å². The summed E-state index contributed by atoms with van der Waals surface area (Å²) >= 11 is 0. The zero-order valence-corrected chi connectivity index (χ0v) is 9.06. The van der Waals surface area contributed by atoms with Crippen molar-refractivity contribution in [3.8, 4) is 0 Å². The average molecular weight is 230 g/mol. The van der Waals surface area contributed by atoms with Crippen molar-refractivity contribution in [2.45, 2.75) is 0 Å². The predicted octanol–water partition coefficient (Wildman–Crippen LogP) is -0.139. The van der Waals surface area contributed by atoms with Gasteiger partial charge >= 0.3 is 10.3 Å². The molecule has 0 saturated carbocycles. The molecule has 0 fully saturated rings. The fourth-order valence-electron chi connectivity index (χ4n) is 0.664. The van der Waals surface area contributed by atoms with Crippen molar-refractivity contribution in [3.05, 3.63) is 24.3 Å². The first-order valence-electron chi connectivity index (χ1n) is 4.01. The molecule has 7 heteroatoms. The second-order valence-electron chi connectivity index (χ2n) is 2.90. The van der Waals surface area contributed by atoms with Gasteiger partial charge in [-0.15, -0.1) is 0 Å². The highest BCUT2D eigenvalue weighted by Gasteiger charge is 2.14. The van der Waals surface area contributed by atoms with Crippen LogP contribution < -0.4 is 0 Å². The molecule has 0 aromatic rings. The summed E-state index contributed by atoms with van der Waals surface area (Å²) in [6, 6.07) is 0. The summed E-state index contributed by atoms with van der Waals surface area (Å²) in [6.45, 7) is 0. The van der Waals surface area contributed by atoms with Crippen LogP contribution >= 0.6 is 0 Å². The van der Waals surface area contributed by atoms with Gasteiger partial charge < -0.3 is 0 Å². The summed E-state index contributed by atoms with van der Waals surface area (Å²) in [5, 5.41) is 3.37. The van der Waals surface area contributed by atoms with Gasteiger partial charge in [-0.3, -0.25) is 9.08 Å². The number of carbonyl (C=O) groups excluding carboxylic acids is 1. The van der Waals surface area contributed by atoms with Crippen LogP contribution in [-0.2, 0) is 19.4 Å². The van der Waals surface area contributed by atoms with Crippen molar-refractivity contribution < 1.29 is 17.5 Å². The maximum Gasteiger partial charge on any atom is 0.404 e. The molecule has 0 aromatic heterocycles. The summed E-state index contributed by atoms with van der Waals surface area (Å²) in [4.78, 5) is 10.7. The number of hydrogen-bond donors (Lipinski definition) is 0. The quantitative estimate of drug-likeness (QED) is 0.499. The highest BCUT2D eigenvalue weighted by atomic mass is 32.2. The van der Waals surface area contributed by atoms with Crippen molar-refractivity contribution in [3.63, 3.8) is 0 Å². The van der Waals surface area contributed by atoms with E-state index in [0.717, 1.165) is 4.31 Å². The number of rotatable bonds is 3. The van der Waals surface area contributed by atoms with E-state index in [4.69, 9.17) is 0 Å². The van der Waals surface area contributed by atoms with Gasteiger partial charge in [0.25, 0.3) is 0 Å². The molecular weight excluding hydrogens is 220 g/mol. The molecule has 1 aliphatic carbocycles. The summed E-state index contributed by atoms with van der Waals surface area (Å²) < 4.78 is 27.5. The largest absolute Gasteiger partial charge is 0.404 e. The SMILES string of the molecule is CN(C)S(=O)(=O)ON=C1C=CC(=O)C=C1. The Bertz CT molecular complexity index is 427. The fraction of sp³-hybridized carbons (Fsp3) is 0.250. The highest BCUT2D eigenvalue weighted by Crippen LogP contribution is 2.01. The lowest BCUT2D eigenvalue weighted by molar-refractivity contribution is -0.110. The Balaban J connectivity index is 2.72. The molecule has 6 nitrogen and oxygen atoms in total. The van der Waals surface area contributed by atoms with E-state index < -0.39 is 10.3 Å². The molecule has 0 aliphatic heterocycles. The third-order valence-electron chi connectivity index (χ3n) is 1.52. The first-order chi connectivity index (χ1) is 6.92. The number of carbonyl (C=O) groups is 1. The minimum Gasteiger partial charge on any atom is -0.290 e. The van der Waals surface area contributed by atoms with Gasteiger partial charge in [-0.05, 0) is 24.3 Å². The number of ketones is 1. The van der Waals surface area contributed by atoms with Gasteiger partial charge in [0.15, 0.2) is 5.78 Å². The van der Waals surface area contributed by atoms with Crippen LogP contribution in [0.5, 0.6) is 0 Å². The maximum absolute atomic E-state index is 11.1. The molecule has 82 valence electrons. The van der Waals surface area contributed by atoms with E-state index in [0.29, 0.717) is 0 Å². The molecule has 0 bridgehead atoms. The van der Waals surface area contributed by atoms with Crippen molar-refractivity contribution in [1.82, 2.24) is 4.31 Å². The summed E-state index contributed by atoms with van der Waals surface area (Å²) in [7, 11) is -1.17. The van der Waals surface area contributed by atoms with Gasteiger partial charge in [-0.1, -0.05) is 5.16 Å². The first-order valence-corrected chi connectivity index (χ1v) is 5.37. The highest BCUT2D eigenvalue weighted by molar-refractivity contribution is 7.84. The summed E-state index contributed by atoms with van der Waals surface area (Å²) in [5.41, 5.74) is 0.264. The Hall–Kier alpha value is -1.47. The molecule has 1 rings (SSSR count). The lowest BCUT2D eigenvalue weighted by Crippen LogP contribution is -2.23. The van der Waals surface area contributed by atoms with Gasteiger partial charge in [0.2, 0.25) is 0 Å². The van der Waals surface area contributed by atoms with Crippen molar-refractivity contribution in [2.24, 2.45) is 5.16 Å². The van der Waals surface area contributed by atoms with E-state index in [9.17, 15) is 13.2 Å². The Kier molecular flexibility index (Phi) is 3.38. The number of hydrogen-bond acceptors (Lipinski definition) is 5. The number of oxime groups is 1. The molecule has 15 heavy (non-hydrogen) atoms. The van der Waals surface area contributed by atoms with E-state index in [2.05, 4.69) is 9.44 Å². The molecule has 0 atom stereocenters.